The minimum absolute atomic E-state index is 0.0202. The molecular formula is C12H17N3O3. The van der Waals surface area contributed by atoms with Crippen LogP contribution in [-0.2, 0) is 9.59 Å². The first-order chi connectivity index (χ1) is 8.61. The molecule has 0 saturated heterocycles. The average Bonchev–Trinajstić information content (AvgIpc) is 2.36. The quantitative estimate of drug-likeness (QED) is 0.615. The number of nitrogens with two attached hydrogens (primary N) is 1. The zero-order valence-electron chi connectivity index (χ0n) is 10.2. The smallest absolute Gasteiger partial charge is 0.239 e. The number of benzene rings is 1. The Morgan fingerprint density at radius 2 is 2.11 bits per heavy atom. The van der Waals surface area contributed by atoms with E-state index in [2.05, 4.69) is 10.6 Å². The van der Waals surface area contributed by atoms with Gasteiger partial charge in [0.15, 0.2) is 0 Å². The Bertz CT molecular complexity index is 421. The van der Waals surface area contributed by atoms with Gasteiger partial charge in [0.25, 0.3) is 0 Å². The Kier molecular flexibility index (Phi) is 5.50. The summed E-state index contributed by atoms with van der Waals surface area (Å²) >= 11 is 0. The van der Waals surface area contributed by atoms with Crippen LogP contribution in [0.1, 0.15) is 6.42 Å². The van der Waals surface area contributed by atoms with E-state index in [0.717, 1.165) is 0 Å². The van der Waals surface area contributed by atoms with Crippen LogP contribution in [0.2, 0.25) is 0 Å². The third-order valence-corrected chi connectivity index (χ3v) is 2.18. The molecule has 98 valence electrons. The lowest BCUT2D eigenvalue weighted by molar-refractivity contribution is -0.126. The highest BCUT2D eigenvalue weighted by Gasteiger charge is 2.04. The van der Waals surface area contributed by atoms with E-state index in [1.165, 1.54) is 7.05 Å². The number of nitrogen functional groups attached to an aromatic ring is 1. The highest BCUT2D eigenvalue weighted by molar-refractivity contribution is 5.84. The van der Waals surface area contributed by atoms with Crippen molar-refractivity contribution in [2.24, 2.45) is 0 Å². The van der Waals surface area contributed by atoms with Gasteiger partial charge in [0.1, 0.15) is 5.75 Å². The van der Waals surface area contributed by atoms with Gasteiger partial charge in [-0.25, -0.2) is 0 Å². The predicted molar refractivity (Wildman–Crippen MR) is 68.0 cm³/mol. The molecule has 6 nitrogen and oxygen atoms in total. The minimum Gasteiger partial charge on any atom is -0.493 e. The van der Waals surface area contributed by atoms with Gasteiger partial charge >= 0.3 is 0 Å². The average molecular weight is 251 g/mol. The number of likely N-dealkylation sites (N-methyl/N-ethyl adjacent to an activating group) is 1. The molecule has 0 aliphatic heterocycles. The van der Waals surface area contributed by atoms with E-state index >= 15 is 0 Å². The Morgan fingerprint density at radius 3 is 2.78 bits per heavy atom. The van der Waals surface area contributed by atoms with E-state index in [1.54, 1.807) is 24.3 Å². The van der Waals surface area contributed by atoms with Crippen molar-refractivity contribution in [3.8, 4) is 5.75 Å². The highest BCUT2D eigenvalue weighted by Crippen LogP contribution is 2.14. The maximum Gasteiger partial charge on any atom is 0.239 e. The van der Waals surface area contributed by atoms with Crippen molar-refractivity contribution in [1.29, 1.82) is 0 Å². The highest BCUT2D eigenvalue weighted by atomic mass is 16.5. The normalized spacial score (nSPS) is 9.61. The molecule has 0 aliphatic carbocycles. The number of rotatable bonds is 6. The minimum atomic E-state index is -0.236. The number of ether oxygens (including phenoxy) is 1. The first-order valence-electron chi connectivity index (χ1n) is 5.57. The van der Waals surface area contributed by atoms with E-state index in [1.807, 2.05) is 0 Å². The molecule has 2 amide bonds. The number of hydrogen-bond donors (Lipinski definition) is 3. The zero-order chi connectivity index (χ0) is 13.4. The van der Waals surface area contributed by atoms with Crippen molar-refractivity contribution in [2.75, 3.05) is 25.9 Å². The summed E-state index contributed by atoms with van der Waals surface area (Å²) < 4.78 is 5.35. The number of hydrogen-bond acceptors (Lipinski definition) is 4. The second-order valence-corrected chi connectivity index (χ2v) is 3.62. The number of carbonyl (C=O) groups is 2. The number of carbonyl (C=O) groups excluding carboxylic acids is 2. The largest absolute Gasteiger partial charge is 0.493 e. The van der Waals surface area contributed by atoms with Gasteiger partial charge in [-0.3, -0.25) is 9.59 Å². The lowest BCUT2D eigenvalue weighted by atomic mass is 10.3. The fraction of sp³-hybridized carbons (Fsp3) is 0.333. The Hall–Kier alpha value is -2.24. The van der Waals surface area contributed by atoms with Crippen molar-refractivity contribution in [3.63, 3.8) is 0 Å². The first-order valence-corrected chi connectivity index (χ1v) is 5.57. The summed E-state index contributed by atoms with van der Waals surface area (Å²) in [5, 5.41) is 4.89. The summed E-state index contributed by atoms with van der Waals surface area (Å²) in [5.41, 5.74) is 6.19. The molecule has 1 aromatic rings. The molecule has 18 heavy (non-hydrogen) atoms. The molecule has 0 atom stereocenters. The van der Waals surface area contributed by atoms with Crippen molar-refractivity contribution >= 4 is 17.5 Å². The third-order valence-electron chi connectivity index (χ3n) is 2.18. The summed E-state index contributed by atoms with van der Waals surface area (Å²) in [6.45, 7) is 0.219. The van der Waals surface area contributed by atoms with E-state index in [-0.39, 0.29) is 31.4 Å². The van der Waals surface area contributed by atoms with Gasteiger partial charge in [-0.1, -0.05) is 6.07 Å². The maximum absolute atomic E-state index is 11.3. The van der Waals surface area contributed by atoms with Gasteiger partial charge in [-0.15, -0.1) is 0 Å². The van der Waals surface area contributed by atoms with Crippen molar-refractivity contribution < 1.29 is 14.3 Å². The standard InChI is InChI=1S/C12H17N3O3/c1-14-12(17)8-15-11(16)5-6-18-10-4-2-3-9(13)7-10/h2-4,7H,5-6,8,13H2,1H3,(H,14,17)(H,15,16). The molecular weight excluding hydrogens is 234 g/mol. The van der Waals surface area contributed by atoms with Gasteiger partial charge in [-0.05, 0) is 12.1 Å². The summed E-state index contributed by atoms with van der Waals surface area (Å²) in [6, 6.07) is 6.97. The van der Waals surface area contributed by atoms with Gasteiger partial charge in [0.05, 0.1) is 19.6 Å². The van der Waals surface area contributed by atoms with E-state index < -0.39 is 0 Å². The van der Waals surface area contributed by atoms with Crippen LogP contribution < -0.4 is 21.1 Å². The summed E-state index contributed by atoms with van der Waals surface area (Å²) in [4.78, 5) is 22.2. The number of anilines is 1. The lowest BCUT2D eigenvalue weighted by Crippen LogP contribution is -2.35. The van der Waals surface area contributed by atoms with Crippen LogP contribution in [-0.4, -0.2) is 32.0 Å². The number of nitrogens with one attached hydrogen (secondary N) is 2. The fourth-order valence-corrected chi connectivity index (χ4v) is 1.22. The van der Waals surface area contributed by atoms with Crippen LogP contribution in [0.15, 0.2) is 24.3 Å². The monoisotopic (exact) mass is 251 g/mol. The lowest BCUT2D eigenvalue weighted by Gasteiger charge is -2.07. The second kappa shape index (κ2) is 7.16. The zero-order valence-corrected chi connectivity index (χ0v) is 10.2. The molecule has 4 N–H and O–H groups in total. The maximum atomic E-state index is 11.3. The Labute approximate surface area is 105 Å². The van der Waals surface area contributed by atoms with Crippen LogP contribution in [0.25, 0.3) is 0 Å². The summed E-state index contributed by atoms with van der Waals surface area (Å²) in [7, 11) is 1.51. The first kappa shape index (κ1) is 13.8. The second-order valence-electron chi connectivity index (χ2n) is 3.62. The van der Waals surface area contributed by atoms with Crippen LogP contribution >= 0.6 is 0 Å². The molecule has 0 aromatic heterocycles. The van der Waals surface area contributed by atoms with Crippen molar-refractivity contribution in [3.05, 3.63) is 24.3 Å². The Morgan fingerprint density at radius 1 is 1.33 bits per heavy atom. The van der Waals surface area contributed by atoms with Gasteiger partial charge in [0, 0.05) is 18.8 Å². The van der Waals surface area contributed by atoms with E-state index in [9.17, 15) is 9.59 Å². The molecule has 0 bridgehead atoms. The molecule has 0 radical (unpaired) electrons. The molecule has 6 heteroatoms. The topological polar surface area (TPSA) is 93.5 Å². The van der Waals surface area contributed by atoms with Crippen LogP contribution in [0.4, 0.5) is 5.69 Å². The van der Waals surface area contributed by atoms with Crippen molar-refractivity contribution in [2.45, 2.75) is 6.42 Å². The molecule has 0 aliphatic rings. The third kappa shape index (κ3) is 5.20. The molecule has 1 rings (SSSR count). The van der Waals surface area contributed by atoms with Gasteiger partial charge in [0.2, 0.25) is 11.8 Å². The van der Waals surface area contributed by atoms with Crippen LogP contribution in [0.3, 0.4) is 0 Å². The van der Waals surface area contributed by atoms with E-state index in [4.69, 9.17) is 10.5 Å². The van der Waals surface area contributed by atoms with Gasteiger partial charge in [-0.2, -0.15) is 0 Å². The van der Waals surface area contributed by atoms with Crippen molar-refractivity contribution in [1.82, 2.24) is 10.6 Å². The van der Waals surface area contributed by atoms with Crippen LogP contribution in [0, 0.1) is 0 Å². The summed E-state index contributed by atoms with van der Waals surface area (Å²) in [6.07, 6.45) is 0.186. The molecule has 0 unspecified atom stereocenters. The van der Waals surface area contributed by atoms with E-state index in [0.29, 0.717) is 11.4 Å². The fourth-order valence-electron chi connectivity index (χ4n) is 1.22. The molecule has 0 heterocycles. The Balaban J connectivity index is 2.21. The molecule has 0 saturated carbocycles. The predicted octanol–water partition coefficient (Wildman–Crippen LogP) is -0.100. The summed E-state index contributed by atoms with van der Waals surface area (Å²) in [5.74, 6) is 0.150. The van der Waals surface area contributed by atoms with Gasteiger partial charge < -0.3 is 21.1 Å². The molecule has 0 fully saturated rings. The SMILES string of the molecule is CNC(=O)CNC(=O)CCOc1cccc(N)c1. The molecule has 1 aromatic carbocycles. The molecule has 0 spiro atoms. The number of amides is 2. The van der Waals surface area contributed by atoms with Crippen LogP contribution in [0.5, 0.6) is 5.75 Å².